The molecule has 2 aliphatic carbocycles. The quantitative estimate of drug-likeness (QED) is 0.615. The third kappa shape index (κ3) is 1.99. The Bertz CT molecular complexity index is 735. The van der Waals surface area contributed by atoms with Crippen molar-refractivity contribution in [3.8, 4) is 0 Å². The molecule has 1 fully saturated rings. The zero-order chi connectivity index (χ0) is 16.1. The molecule has 3 heteroatoms. The molecule has 2 atom stereocenters. The number of cyclic esters (lactones) is 1. The molecule has 1 saturated heterocycles. The standard InChI is InChI=1S/C20H22O3/c1-14-6-10-20-13-23-18(21)16(20)4-3-5-17(20)19(14,2)9-7-15-8-11-22-12-15/h4-6,8,11-12H,3,7,9-10,13H2,1-2H3/t19-,20-/m0/s1. The van der Waals surface area contributed by atoms with E-state index in [0.29, 0.717) is 6.61 Å². The van der Waals surface area contributed by atoms with E-state index in [4.69, 9.17) is 9.15 Å². The lowest BCUT2D eigenvalue weighted by atomic mass is 9.54. The summed E-state index contributed by atoms with van der Waals surface area (Å²) >= 11 is 0. The molecule has 3 aliphatic rings. The van der Waals surface area contributed by atoms with Gasteiger partial charge in [0, 0.05) is 11.0 Å². The van der Waals surface area contributed by atoms with Crippen molar-refractivity contribution in [1.82, 2.24) is 0 Å². The molecule has 1 aromatic rings. The van der Waals surface area contributed by atoms with Crippen LogP contribution in [-0.2, 0) is 16.0 Å². The summed E-state index contributed by atoms with van der Waals surface area (Å²) in [6.45, 7) is 5.03. The van der Waals surface area contributed by atoms with Gasteiger partial charge in [-0.3, -0.25) is 0 Å². The lowest BCUT2D eigenvalue weighted by Gasteiger charge is -2.47. The second-order valence-electron chi connectivity index (χ2n) is 7.18. The largest absolute Gasteiger partial charge is 0.472 e. The van der Waals surface area contributed by atoms with Crippen molar-refractivity contribution in [1.29, 1.82) is 0 Å². The summed E-state index contributed by atoms with van der Waals surface area (Å²) in [5, 5.41) is 0. The molecule has 1 aliphatic heterocycles. The van der Waals surface area contributed by atoms with Crippen molar-refractivity contribution in [3.63, 3.8) is 0 Å². The average Bonchev–Trinajstić information content (AvgIpc) is 3.18. The summed E-state index contributed by atoms with van der Waals surface area (Å²) in [7, 11) is 0. The highest BCUT2D eigenvalue weighted by Gasteiger charge is 2.55. The number of hydrogen-bond donors (Lipinski definition) is 0. The minimum Gasteiger partial charge on any atom is -0.472 e. The highest BCUT2D eigenvalue weighted by Crippen LogP contribution is 2.59. The summed E-state index contributed by atoms with van der Waals surface area (Å²) < 4.78 is 10.6. The molecule has 0 saturated carbocycles. The fourth-order valence-corrected chi connectivity index (χ4v) is 4.49. The van der Waals surface area contributed by atoms with Crippen LogP contribution in [0.25, 0.3) is 0 Å². The predicted molar refractivity (Wildman–Crippen MR) is 87.7 cm³/mol. The van der Waals surface area contributed by atoms with Gasteiger partial charge in [0.2, 0.25) is 0 Å². The maximum absolute atomic E-state index is 12.1. The molecule has 3 nitrogen and oxygen atoms in total. The van der Waals surface area contributed by atoms with Gasteiger partial charge >= 0.3 is 5.97 Å². The minimum atomic E-state index is -0.222. The van der Waals surface area contributed by atoms with Crippen molar-refractivity contribution in [2.75, 3.05) is 6.61 Å². The highest BCUT2D eigenvalue weighted by molar-refractivity contribution is 5.94. The van der Waals surface area contributed by atoms with E-state index in [0.717, 1.165) is 31.3 Å². The van der Waals surface area contributed by atoms with Gasteiger partial charge in [-0.05, 0) is 49.8 Å². The van der Waals surface area contributed by atoms with Crippen molar-refractivity contribution in [3.05, 3.63) is 59.1 Å². The van der Waals surface area contributed by atoms with Crippen molar-refractivity contribution >= 4 is 5.97 Å². The first-order valence-electron chi connectivity index (χ1n) is 8.33. The lowest BCUT2D eigenvalue weighted by Crippen LogP contribution is -2.40. The van der Waals surface area contributed by atoms with Gasteiger partial charge in [0.05, 0.1) is 17.9 Å². The monoisotopic (exact) mass is 310 g/mol. The van der Waals surface area contributed by atoms with E-state index in [9.17, 15) is 4.79 Å². The smallest absolute Gasteiger partial charge is 0.334 e. The molecule has 1 aromatic heterocycles. The number of rotatable bonds is 3. The summed E-state index contributed by atoms with van der Waals surface area (Å²) in [4.78, 5) is 12.1. The predicted octanol–water partition coefficient (Wildman–Crippen LogP) is 4.37. The van der Waals surface area contributed by atoms with Gasteiger partial charge in [0.1, 0.15) is 6.61 Å². The van der Waals surface area contributed by atoms with Gasteiger partial charge in [-0.15, -0.1) is 0 Å². The Morgan fingerprint density at radius 2 is 2.13 bits per heavy atom. The second-order valence-corrected chi connectivity index (χ2v) is 7.18. The third-order valence-corrected chi connectivity index (χ3v) is 6.06. The first-order valence-corrected chi connectivity index (χ1v) is 8.33. The van der Waals surface area contributed by atoms with Crippen molar-refractivity contribution in [2.45, 2.75) is 39.5 Å². The molecule has 2 heterocycles. The fraction of sp³-hybridized carbons (Fsp3) is 0.450. The number of esters is 1. The zero-order valence-corrected chi connectivity index (χ0v) is 13.7. The summed E-state index contributed by atoms with van der Waals surface area (Å²) in [5.41, 5.74) is 4.65. The highest BCUT2D eigenvalue weighted by atomic mass is 16.5. The summed E-state index contributed by atoms with van der Waals surface area (Å²) in [6, 6.07) is 2.03. The van der Waals surface area contributed by atoms with Crippen LogP contribution in [0.2, 0.25) is 0 Å². The molecule has 1 spiro atoms. The van der Waals surface area contributed by atoms with Crippen molar-refractivity contribution < 1.29 is 13.9 Å². The molecule has 0 amide bonds. The van der Waals surface area contributed by atoms with Crippen LogP contribution in [0.1, 0.15) is 38.7 Å². The minimum absolute atomic E-state index is 0.0248. The molecule has 0 aromatic carbocycles. The SMILES string of the molecule is CC1=CC[C@]23COC(=O)C2=CCC=C3[C@@]1(C)CCc1ccoc1. The van der Waals surface area contributed by atoms with Crippen molar-refractivity contribution in [2.24, 2.45) is 10.8 Å². The van der Waals surface area contributed by atoms with Crippen LogP contribution in [-0.4, -0.2) is 12.6 Å². The molecule has 23 heavy (non-hydrogen) atoms. The Morgan fingerprint density at radius 1 is 1.26 bits per heavy atom. The van der Waals surface area contributed by atoms with E-state index in [2.05, 4.69) is 32.1 Å². The van der Waals surface area contributed by atoms with E-state index in [1.54, 1.807) is 6.26 Å². The molecule has 0 unspecified atom stereocenters. The third-order valence-electron chi connectivity index (χ3n) is 6.06. The Balaban J connectivity index is 1.72. The van der Waals surface area contributed by atoms with Gasteiger partial charge in [-0.2, -0.15) is 0 Å². The van der Waals surface area contributed by atoms with Crippen LogP contribution in [0.5, 0.6) is 0 Å². The summed E-state index contributed by atoms with van der Waals surface area (Å²) in [6.07, 6.45) is 14.0. The van der Waals surface area contributed by atoms with E-state index in [-0.39, 0.29) is 16.8 Å². The van der Waals surface area contributed by atoms with Crippen LogP contribution in [0.15, 0.2) is 58.0 Å². The number of carbonyl (C=O) groups is 1. The first kappa shape index (κ1) is 14.6. The number of ether oxygens (including phenoxy) is 1. The van der Waals surface area contributed by atoms with E-state index in [1.165, 1.54) is 16.7 Å². The molecule has 0 radical (unpaired) electrons. The molecule has 0 bridgehead atoms. The maximum Gasteiger partial charge on any atom is 0.334 e. The molecule has 0 N–H and O–H groups in total. The van der Waals surface area contributed by atoms with E-state index >= 15 is 0 Å². The van der Waals surface area contributed by atoms with Crippen LogP contribution in [0.4, 0.5) is 0 Å². The molecule has 120 valence electrons. The molecular formula is C20H22O3. The average molecular weight is 310 g/mol. The normalized spacial score (nSPS) is 32.4. The second kappa shape index (κ2) is 4.98. The van der Waals surface area contributed by atoms with Gasteiger partial charge in [-0.25, -0.2) is 4.79 Å². The molecule has 4 rings (SSSR count). The number of carbonyl (C=O) groups excluding carboxylic acids is 1. The van der Waals surface area contributed by atoms with Crippen LogP contribution >= 0.6 is 0 Å². The number of hydrogen-bond acceptors (Lipinski definition) is 3. The zero-order valence-electron chi connectivity index (χ0n) is 13.7. The van der Waals surface area contributed by atoms with Gasteiger partial charge < -0.3 is 9.15 Å². The fourth-order valence-electron chi connectivity index (χ4n) is 4.49. The number of furan rings is 1. The Hall–Kier alpha value is -2.03. The Morgan fingerprint density at radius 3 is 2.91 bits per heavy atom. The Kier molecular flexibility index (Phi) is 3.15. The van der Waals surface area contributed by atoms with Crippen LogP contribution < -0.4 is 0 Å². The van der Waals surface area contributed by atoms with Gasteiger partial charge in [0.15, 0.2) is 0 Å². The molecular weight excluding hydrogens is 288 g/mol. The maximum atomic E-state index is 12.1. The summed E-state index contributed by atoms with van der Waals surface area (Å²) in [5.74, 6) is -0.124. The lowest BCUT2D eigenvalue weighted by molar-refractivity contribution is -0.135. The first-order chi connectivity index (χ1) is 11.1. The number of allylic oxidation sites excluding steroid dienone is 4. The number of aryl methyl sites for hydroxylation is 1. The van der Waals surface area contributed by atoms with Crippen LogP contribution in [0, 0.1) is 10.8 Å². The van der Waals surface area contributed by atoms with Gasteiger partial charge in [-0.1, -0.05) is 30.7 Å². The topological polar surface area (TPSA) is 39.4 Å². The Labute approximate surface area is 136 Å². The van der Waals surface area contributed by atoms with Gasteiger partial charge in [0.25, 0.3) is 0 Å². The van der Waals surface area contributed by atoms with E-state index < -0.39 is 0 Å². The van der Waals surface area contributed by atoms with Crippen LogP contribution in [0.3, 0.4) is 0 Å². The van der Waals surface area contributed by atoms with E-state index in [1.807, 2.05) is 12.3 Å².